The molecule has 0 saturated heterocycles. The fourth-order valence-corrected chi connectivity index (χ4v) is 2.67. The van der Waals surface area contributed by atoms with E-state index in [9.17, 15) is 14.7 Å². The number of carboxylic acid groups (broad SMARTS) is 1. The number of carbonyl (C=O) groups is 2. The molecule has 0 unspecified atom stereocenters. The summed E-state index contributed by atoms with van der Waals surface area (Å²) in [6, 6.07) is 0. The molecule has 0 bridgehead atoms. The molecule has 0 aromatic rings. The summed E-state index contributed by atoms with van der Waals surface area (Å²) in [6.07, 6.45) is 3.90. The summed E-state index contributed by atoms with van der Waals surface area (Å²) in [4.78, 5) is 23.5. The number of ether oxygens (including phenoxy) is 1. The second-order valence-corrected chi connectivity index (χ2v) is 7.47. The van der Waals surface area contributed by atoms with Crippen LogP contribution < -0.4 is 5.32 Å². The van der Waals surface area contributed by atoms with E-state index in [0.29, 0.717) is 24.3 Å². The van der Waals surface area contributed by atoms with Crippen LogP contribution in [0.15, 0.2) is 0 Å². The van der Waals surface area contributed by atoms with E-state index in [0.717, 1.165) is 0 Å². The molecule has 0 atom stereocenters. The van der Waals surface area contributed by atoms with E-state index in [2.05, 4.69) is 5.32 Å². The van der Waals surface area contributed by atoms with Crippen molar-refractivity contribution >= 4 is 35.6 Å². The van der Waals surface area contributed by atoms with Crippen LogP contribution in [0.3, 0.4) is 0 Å². The van der Waals surface area contributed by atoms with Crippen LogP contribution in [0.5, 0.6) is 0 Å². The first kappa shape index (κ1) is 19.4. The number of thioether (sulfide) groups is 2. The van der Waals surface area contributed by atoms with Gasteiger partial charge < -0.3 is 15.2 Å². The number of carboxylic acids is 1. The van der Waals surface area contributed by atoms with Gasteiger partial charge in [0.15, 0.2) is 0 Å². The topological polar surface area (TPSA) is 75.6 Å². The number of carbonyl (C=O) groups excluding carboxylic acids is 1. The van der Waals surface area contributed by atoms with Gasteiger partial charge in [0.1, 0.15) is 11.1 Å². The van der Waals surface area contributed by atoms with Gasteiger partial charge in [0.2, 0.25) is 0 Å². The summed E-state index contributed by atoms with van der Waals surface area (Å²) in [6.45, 7) is 5.25. The molecular weight excluding hydrogens is 298 g/mol. The van der Waals surface area contributed by atoms with Gasteiger partial charge in [-0.05, 0) is 57.6 Å². The van der Waals surface area contributed by atoms with Gasteiger partial charge in [-0.25, -0.2) is 9.59 Å². The second-order valence-electron chi connectivity index (χ2n) is 5.50. The van der Waals surface area contributed by atoms with Crippen molar-refractivity contribution in [2.45, 2.75) is 44.8 Å². The van der Waals surface area contributed by atoms with Gasteiger partial charge in [-0.3, -0.25) is 0 Å². The van der Waals surface area contributed by atoms with Crippen molar-refractivity contribution < 1.29 is 19.4 Å². The molecule has 0 aliphatic heterocycles. The molecule has 0 aliphatic rings. The maximum Gasteiger partial charge on any atom is 0.408 e. The highest BCUT2D eigenvalue weighted by molar-refractivity contribution is 7.98. The lowest BCUT2D eigenvalue weighted by Gasteiger charge is -2.31. The van der Waals surface area contributed by atoms with Gasteiger partial charge >= 0.3 is 12.1 Å². The van der Waals surface area contributed by atoms with Crippen molar-refractivity contribution in [3.63, 3.8) is 0 Å². The molecule has 20 heavy (non-hydrogen) atoms. The molecule has 0 fully saturated rings. The Morgan fingerprint density at radius 1 is 1.10 bits per heavy atom. The molecule has 2 N–H and O–H groups in total. The molecule has 0 heterocycles. The number of hydrogen-bond acceptors (Lipinski definition) is 5. The van der Waals surface area contributed by atoms with E-state index in [1.807, 2.05) is 12.5 Å². The first-order valence-electron chi connectivity index (χ1n) is 6.39. The molecule has 0 aliphatic carbocycles. The fourth-order valence-electron chi connectivity index (χ4n) is 1.57. The molecule has 7 heteroatoms. The largest absolute Gasteiger partial charge is 0.480 e. The first-order valence-corrected chi connectivity index (χ1v) is 9.18. The number of nitrogens with one attached hydrogen (secondary N) is 1. The van der Waals surface area contributed by atoms with Gasteiger partial charge in [0.25, 0.3) is 0 Å². The summed E-state index contributed by atoms with van der Waals surface area (Å²) in [5.74, 6) is 0.318. The molecule has 1 amide bonds. The van der Waals surface area contributed by atoms with Crippen LogP contribution in [-0.4, -0.2) is 52.3 Å². The molecule has 0 aromatic carbocycles. The summed E-state index contributed by atoms with van der Waals surface area (Å²) in [5, 5.41) is 12.1. The fraction of sp³-hybridized carbons (Fsp3) is 0.846. The minimum Gasteiger partial charge on any atom is -0.480 e. The SMILES string of the molecule is CSCCC(CCSC)(NC(=O)OC(C)(C)C)C(=O)O. The van der Waals surface area contributed by atoms with Crippen molar-refractivity contribution in [3.05, 3.63) is 0 Å². The molecule has 118 valence electrons. The molecular formula is C13H25NO4S2. The zero-order valence-electron chi connectivity index (χ0n) is 12.8. The molecule has 0 spiro atoms. The third-order valence-corrected chi connectivity index (χ3v) is 3.84. The summed E-state index contributed by atoms with van der Waals surface area (Å²) in [5.41, 5.74) is -1.90. The zero-order chi connectivity index (χ0) is 15.8. The van der Waals surface area contributed by atoms with Crippen molar-refractivity contribution in [1.29, 1.82) is 0 Å². The van der Waals surface area contributed by atoms with E-state index in [1.54, 1.807) is 44.3 Å². The number of aliphatic carboxylic acids is 1. The van der Waals surface area contributed by atoms with E-state index in [1.165, 1.54) is 0 Å². The quantitative estimate of drug-likeness (QED) is 0.715. The minimum absolute atomic E-state index is 0.378. The van der Waals surface area contributed by atoms with Gasteiger partial charge in [0, 0.05) is 0 Å². The number of hydrogen-bond donors (Lipinski definition) is 2. The highest BCUT2D eigenvalue weighted by Gasteiger charge is 2.40. The predicted octanol–water partition coefficient (Wildman–Crippen LogP) is 2.84. The van der Waals surface area contributed by atoms with E-state index >= 15 is 0 Å². The van der Waals surface area contributed by atoms with E-state index in [4.69, 9.17) is 4.74 Å². The third-order valence-electron chi connectivity index (χ3n) is 2.62. The smallest absolute Gasteiger partial charge is 0.408 e. The Kier molecular flexibility index (Phi) is 8.42. The van der Waals surface area contributed by atoms with Crippen LogP contribution in [0.2, 0.25) is 0 Å². The highest BCUT2D eigenvalue weighted by atomic mass is 32.2. The Balaban J connectivity index is 4.97. The van der Waals surface area contributed by atoms with Crippen molar-refractivity contribution in [3.8, 4) is 0 Å². The van der Waals surface area contributed by atoms with Crippen molar-refractivity contribution in [2.24, 2.45) is 0 Å². The summed E-state index contributed by atoms with van der Waals surface area (Å²) >= 11 is 3.11. The Bertz CT molecular complexity index is 321. The van der Waals surface area contributed by atoms with Crippen LogP contribution in [0.1, 0.15) is 33.6 Å². The highest BCUT2D eigenvalue weighted by Crippen LogP contribution is 2.22. The normalized spacial score (nSPS) is 12.1. The van der Waals surface area contributed by atoms with Gasteiger partial charge in [-0.15, -0.1) is 0 Å². The van der Waals surface area contributed by atoms with E-state index in [-0.39, 0.29) is 0 Å². The standard InChI is InChI=1S/C13H25NO4S2/c1-12(2,3)18-11(17)14-13(10(15)16,6-8-19-4)7-9-20-5/h6-9H2,1-5H3,(H,14,17)(H,15,16). The number of rotatable bonds is 8. The Labute approximate surface area is 129 Å². The number of alkyl carbamates (subject to hydrolysis) is 1. The van der Waals surface area contributed by atoms with Crippen molar-refractivity contribution in [1.82, 2.24) is 5.32 Å². The predicted molar refractivity (Wildman–Crippen MR) is 85.7 cm³/mol. The monoisotopic (exact) mass is 323 g/mol. The van der Waals surface area contributed by atoms with Gasteiger partial charge in [0.05, 0.1) is 0 Å². The van der Waals surface area contributed by atoms with Crippen LogP contribution in [0.25, 0.3) is 0 Å². The number of amides is 1. The van der Waals surface area contributed by atoms with Crippen LogP contribution in [0.4, 0.5) is 4.79 Å². The molecule has 5 nitrogen and oxygen atoms in total. The first-order chi connectivity index (χ1) is 9.17. The van der Waals surface area contributed by atoms with Gasteiger partial charge in [-0.1, -0.05) is 0 Å². The zero-order valence-corrected chi connectivity index (χ0v) is 14.4. The van der Waals surface area contributed by atoms with Crippen LogP contribution in [-0.2, 0) is 9.53 Å². The second kappa shape index (κ2) is 8.67. The van der Waals surface area contributed by atoms with Crippen LogP contribution in [0, 0.1) is 0 Å². The Morgan fingerprint density at radius 2 is 1.55 bits per heavy atom. The molecule has 0 rings (SSSR count). The average Bonchev–Trinajstić information content (AvgIpc) is 2.30. The molecule has 0 saturated carbocycles. The average molecular weight is 323 g/mol. The summed E-state index contributed by atoms with van der Waals surface area (Å²) in [7, 11) is 0. The van der Waals surface area contributed by atoms with Gasteiger partial charge in [-0.2, -0.15) is 23.5 Å². The third kappa shape index (κ3) is 7.28. The lowest BCUT2D eigenvalue weighted by Crippen LogP contribution is -2.56. The lowest BCUT2D eigenvalue weighted by molar-refractivity contribution is -0.145. The lowest BCUT2D eigenvalue weighted by atomic mass is 9.93. The Morgan fingerprint density at radius 3 is 1.85 bits per heavy atom. The van der Waals surface area contributed by atoms with Crippen molar-refractivity contribution in [2.75, 3.05) is 24.0 Å². The molecule has 0 radical (unpaired) electrons. The maximum atomic E-state index is 11.9. The van der Waals surface area contributed by atoms with E-state index < -0.39 is 23.2 Å². The minimum atomic E-state index is -1.26. The Hall–Kier alpha value is -0.560. The van der Waals surface area contributed by atoms with Crippen LogP contribution >= 0.6 is 23.5 Å². The summed E-state index contributed by atoms with van der Waals surface area (Å²) < 4.78 is 5.18. The molecule has 0 aromatic heterocycles. The maximum absolute atomic E-state index is 11.9.